The average Bonchev–Trinajstić information content (AvgIpc) is 2.65. The molecule has 2 aromatic heterocycles. The molecule has 2 heterocycles. The highest BCUT2D eigenvalue weighted by Crippen LogP contribution is 2.20. The van der Waals surface area contributed by atoms with Crippen LogP contribution in [0.4, 0.5) is 0 Å². The molecule has 0 aliphatic heterocycles. The SMILES string of the molecule is CCCn1cc(CNC(C)(C)C)c2cccnc21. The monoisotopic (exact) mass is 245 g/mol. The highest BCUT2D eigenvalue weighted by Gasteiger charge is 2.12. The van der Waals surface area contributed by atoms with Crippen LogP contribution in [0.2, 0.25) is 0 Å². The number of fused-ring (bicyclic) bond motifs is 1. The first-order valence-electron chi connectivity index (χ1n) is 6.69. The van der Waals surface area contributed by atoms with Crippen molar-refractivity contribution in [2.75, 3.05) is 0 Å². The van der Waals surface area contributed by atoms with Gasteiger partial charge in [-0.05, 0) is 44.9 Å². The van der Waals surface area contributed by atoms with Crippen molar-refractivity contribution in [3.05, 3.63) is 30.1 Å². The maximum Gasteiger partial charge on any atom is 0.140 e. The number of aryl methyl sites for hydroxylation is 1. The number of nitrogens with zero attached hydrogens (tertiary/aromatic N) is 2. The van der Waals surface area contributed by atoms with E-state index in [1.165, 1.54) is 10.9 Å². The molecule has 0 aliphatic carbocycles. The molecule has 2 aromatic rings. The number of hydrogen-bond donors (Lipinski definition) is 1. The minimum Gasteiger partial charge on any atom is -0.332 e. The van der Waals surface area contributed by atoms with Gasteiger partial charge in [0.1, 0.15) is 5.65 Å². The first kappa shape index (κ1) is 13.1. The van der Waals surface area contributed by atoms with Crippen molar-refractivity contribution in [1.29, 1.82) is 0 Å². The molecule has 0 bridgehead atoms. The zero-order valence-corrected chi connectivity index (χ0v) is 11.8. The normalized spacial score (nSPS) is 12.2. The topological polar surface area (TPSA) is 29.9 Å². The van der Waals surface area contributed by atoms with Crippen molar-refractivity contribution in [3.8, 4) is 0 Å². The predicted molar refractivity (Wildman–Crippen MR) is 76.6 cm³/mol. The lowest BCUT2D eigenvalue weighted by molar-refractivity contribution is 0.425. The summed E-state index contributed by atoms with van der Waals surface area (Å²) in [5, 5.41) is 4.81. The van der Waals surface area contributed by atoms with Crippen LogP contribution in [0.3, 0.4) is 0 Å². The summed E-state index contributed by atoms with van der Waals surface area (Å²) in [6, 6.07) is 4.17. The second-order valence-corrected chi connectivity index (χ2v) is 5.83. The van der Waals surface area contributed by atoms with Gasteiger partial charge in [0.05, 0.1) is 0 Å². The fourth-order valence-electron chi connectivity index (χ4n) is 2.11. The van der Waals surface area contributed by atoms with Gasteiger partial charge in [-0.1, -0.05) is 6.92 Å². The largest absolute Gasteiger partial charge is 0.332 e. The van der Waals surface area contributed by atoms with Gasteiger partial charge in [0, 0.05) is 36.4 Å². The summed E-state index contributed by atoms with van der Waals surface area (Å²) >= 11 is 0. The molecule has 3 heteroatoms. The van der Waals surface area contributed by atoms with Crippen LogP contribution < -0.4 is 5.32 Å². The molecule has 0 unspecified atom stereocenters. The molecule has 98 valence electrons. The molecule has 0 aromatic carbocycles. The van der Waals surface area contributed by atoms with Gasteiger partial charge in [-0.25, -0.2) is 4.98 Å². The van der Waals surface area contributed by atoms with Gasteiger partial charge in [-0.3, -0.25) is 0 Å². The van der Waals surface area contributed by atoms with Gasteiger partial charge in [0.2, 0.25) is 0 Å². The maximum atomic E-state index is 4.50. The van der Waals surface area contributed by atoms with Crippen LogP contribution >= 0.6 is 0 Å². The van der Waals surface area contributed by atoms with Crippen LogP contribution in [-0.2, 0) is 13.1 Å². The lowest BCUT2D eigenvalue weighted by Crippen LogP contribution is -2.34. The molecule has 1 N–H and O–H groups in total. The number of nitrogens with one attached hydrogen (secondary N) is 1. The minimum atomic E-state index is 0.140. The molecule has 0 saturated heterocycles. The molecular weight excluding hydrogens is 222 g/mol. The Bertz CT molecular complexity index is 520. The molecule has 0 spiro atoms. The van der Waals surface area contributed by atoms with E-state index in [1.807, 2.05) is 12.3 Å². The summed E-state index contributed by atoms with van der Waals surface area (Å²) in [5.74, 6) is 0. The summed E-state index contributed by atoms with van der Waals surface area (Å²) in [6.07, 6.45) is 5.24. The Labute approximate surface area is 109 Å². The van der Waals surface area contributed by atoms with Gasteiger partial charge in [0.25, 0.3) is 0 Å². The van der Waals surface area contributed by atoms with E-state index in [2.05, 4.69) is 54.8 Å². The zero-order valence-electron chi connectivity index (χ0n) is 11.8. The summed E-state index contributed by atoms with van der Waals surface area (Å²) in [7, 11) is 0. The lowest BCUT2D eigenvalue weighted by Gasteiger charge is -2.20. The predicted octanol–water partition coefficient (Wildman–Crippen LogP) is 3.33. The van der Waals surface area contributed by atoms with Crippen molar-refractivity contribution in [2.45, 2.75) is 52.7 Å². The van der Waals surface area contributed by atoms with Crippen LogP contribution in [0.15, 0.2) is 24.5 Å². The third kappa shape index (κ3) is 2.91. The maximum absolute atomic E-state index is 4.50. The Kier molecular flexibility index (Phi) is 3.71. The van der Waals surface area contributed by atoms with Crippen LogP contribution in [0, 0.1) is 0 Å². The first-order chi connectivity index (χ1) is 8.51. The Balaban J connectivity index is 2.32. The Morgan fingerprint density at radius 1 is 1.33 bits per heavy atom. The van der Waals surface area contributed by atoms with Gasteiger partial charge in [0.15, 0.2) is 0 Å². The second kappa shape index (κ2) is 5.11. The van der Waals surface area contributed by atoms with Gasteiger partial charge >= 0.3 is 0 Å². The smallest absolute Gasteiger partial charge is 0.140 e. The Morgan fingerprint density at radius 3 is 2.78 bits per heavy atom. The zero-order chi connectivity index (χ0) is 13.2. The van der Waals surface area contributed by atoms with E-state index in [1.54, 1.807) is 0 Å². The molecule has 18 heavy (non-hydrogen) atoms. The van der Waals surface area contributed by atoms with Crippen molar-refractivity contribution in [1.82, 2.24) is 14.9 Å². The van der Waals surface area contributed by atoms with Crippen molar-refractivity contribution >= 4 is 11.0 Å². The number of hydrogen-bond acceptors (Lipinski definition) is 2. The van der Waals surface area contributed by atoms with E-state index in [9.17, 15) is 0 Å². The van der Waals surface area contributed by atoms with Crippen LogP contribution in [0.25, 0.3) is 11.0 Å². The lowest BCUT2D eigenvalue weighted by atomic mass is 10.1. The standard InChI is InChI=1S/C15H23N3/c1-5-9-18-11-12(10-17-15(2,3)4)13-7-6-8-16-14(13)18/h6-8,11,17H,5,9-10H2,1-4H3. The summed E-state index contributed by atoms with van der Waals surface area (Å²) < 4.78 is 2.26. The highest BCUT2D eigenvalue weighted by molar-refractivity contribution is 5.80. The third-order valence-electron chi connectivity index (χ3n) is 2.99. The Hall–Kier alpha value is -1.35. The van der Waals surface area contributed by atoms with Gasteiger partial charge < -0.3 is 9.88 Å². The van der Waals surface area contributed by atoms with Crippen LogP contribution in [0.1, 0.15) is 39.7 Å². The first-order valence-corrected chi connectivity index (χ1v) is 6.69. The van der Waals surface area contributed by atoms with E-state index < -0.39 is 0 Å². The van der Waals surface area contributed by atoms with Gasteiger partial charge in [-0.2, -0.15) is 0 Å². The summed E-state index contributed by atoms with van der Waals surface area (Å²) in [5.41, 5.74) is 2.58. The average molecular weight is 245 g/mol. The summed E-state index contributed by atoms with van der Waals surface area (Å²) in [6.45, 7) is 10.7. The van der Waals surface area contributed by atoms with Gasteiger partial charge in [-0.15, -0.1) is 0 Å². The van der Waals surface area contributed by atoms with E-state index in [4.69, 9.17) is 0 Å². The third-order valence-corrected chi connectivity index (χ3v) is 2.99. The second-order valence-electron chi connectivity index (χ2n) is 5.83. The van der Waals surface area contributed by atoms with E-state index in [0.717, 1.165) is 25.2 Å². The number of pyridine rings is 1. The Morgan fingerprint density at radius 2 is 2.11 bits per heavy atom. The molecule has 0 amide bonds. The van der Waals surface area contributed by atoms with E-state index in [-0.39, 0.29) is 5.54 Å². The van der Waals surface area contributed by atoms with Crippen molar-refractivity contribution < 1.29 is 0 Å². The fourth-order valence-corrected chi connectivity index (χ4v) is 2.11. The van der Waals surface area contributed by atoms with Crippen molar-refractivity contribution in [2.24, 2.45) is 0 Å². The molecule has 0 fully saturated rings. The van der Waals surface area contributed by atoms with E-state index in [0.29, 0.717) is 0 Å². The quantitative estimate of drug-likeness (QED) is 0.895. The molecule has 0 radical (unpaired) electrons. The van der Waals surface area contributed by atoms with Crippen LogP contribution in [-0.4, -0.2) is 15.1 Å². The molecule has 0 aliphatic rings. The molecular formula is C15H23N3. The molecule has 0 saturated carbocycles. The highest BCUT2D eigenvalue weighted by atomic mass is 15.0. The van der Waals surface area contributed by atoms with Crippen molar-refractivity contribution in [3.63, 3.8) is 0 Å². The van der Waals surface area contributed by atoms with E-state index >= 15 is 0 Å². The molecule has 0 atom stereocenters. The fraction of sp³-hybridized carbons (Fsp3) is 0.533. The van der Waals surface area contributed by atoms with Crippen LogP contribution in [0.5, 0.6) is 0 Å². The minimum absolute atomic E-state index is 0.140. The number of aromatic nitrogens is 2. The number of rotatable bonds is 4. The molecule has 3 nitrogen and oxygen atoms in total. The molecule has 2 rings (SSSR count). The summed E-state index contributed by atoms with van der Waals surface area (Å²) in [4.78, 5) is 4.50.